The van der Waals surface area contributed by atoms with Crippen LogP contribution in [-0.2, 0) is 14.0 Å². The fourth-order valence-corrected chi connectivity index (χ4v) is 4.98. The summed E-state index contributed by atoms with van der Waals surface area (Å²) in [5.74, 6) is -0.0555. The van der Waals surface area contributed by atoms with E-state index in [1.807, 2.05) is 52.0 Å². The second-order valence-electron chi connectivity index (χ2n) is 10.9. The van der Waals surface area contributed by atoms with Gasteiger partial charge in [0.1, 0.15) is 18.6 Å². The molecular formula is C31H32BNO6. The second kappa shape index (κ2) is 10.4. The van der Waals surface area contributed by atoms with Crippen molar-refractivity contribution in [2.75, 3.05) is 13.2 Å². The van der Waals surface area contributed by atoms with Crippen molar-refractivity contribution in [3.63, 3.8) is 0 Å². The highest BCUT2D eigenvalue weighted by atomic mass is 16.7. The molecule has 1 fully saturated rings. The lowest BCUT2D eigenvalue weighted by Gasteiger charge is -2.32. The molecule has 5 rings (SSSR count). The minimum absolute atomic E-state index is 0.00393. The molecule has 0 radical (unpaired) electrons. The van der Waals surface area contributed by atoms with Gasteiger partial charge in [-0.25, -0.2) is 4.79 Å². The van der Waals surface area contributed by atoms with E-state index < -0.39 is 24.4 Å². The van der Waals surface area contributed by atoms with Crippen LogP contribution in [0.5, 0.6) is 5.75 Å². The summed E-state index contributed by atoms with van der Waals surface area (Å²) in [6.45, 7) is 8.00. The van der Waals surface area contributed by atoms with E-state index in [9.17, 15) is 14.7 Å². The molecule has 0 saturated carbocycles. The molecule has 1 aliphatic carbocycles. The van der Waals surface area contributed by atoms with E-state index in [2.05, 4.69) is 29.6 Å². The number of alkyl carbamates (subject to hydrolysis) is 1. The van der Waals surface area contributed by atoms with E-state index in [4.69, 9.17) is 14.0 Å². The molecule has 39 heavy (non-hydrogen) atoms. The van der Waals surface area contributed by atoms with Crippen molar-refractivity contribution in [3.8, 4) is 16.9 Å². The van der Waals surface area contributed by atoms with Gasteiger partial charge in [-0.3, -0.25) is 4.79 Å². The second-order valence-corrected chi connectivity index (χ2v) is 10.9. The maximum Gasteiger partial charge on any atom is 0.492 e. The third-order valence-corrected chi connectivity index (χ3v) is 7.87. The predicted octanol–water partition coefficient (Wildman–Crippen LogP) is 5.76. The number of ether oxygens (including phenoxy) is 1. The highest BCUT2D eigenvalue weighted by Gasteiger charge is 2.52. The van der Waals surface area contributed by atoms with Crippen LogP contribution in [0.1, 0.15) is 60.7 Å². The molecule has 0 spiro atoms. The lowest BCUT2D eigenvalue weighted by molar-refractivity contribution is 0.00578. The molecule has 0 aromatic heterocycles. The number of benzene rings is 3. The quantitative estimate of drug-likeness (QED) is 0.301. The van der Waals surface area contributed by atoms with Crippen LogP contribution in [0.2, 0.25) is 0 Å². The van der Waals surface area contributed by atoms with E-state index in [-0.39, 0.29) is 24.8 Å². The van der Waals surface area contributed by atoms with Gasteiger partial charge in [0.25, 0.3) is 0 Å². The zero-order valence-electron chi connectivity index (χ0n) is 22.6. The number of phenols is 1. The normalized spacial score (nSPS) is 17.4. The Balaban J connectivity index is 1.33. The molecular weight excluding hydrogens is 493 g/mol. The Bertz CT molecular complexity index is 1380. The average Bonchev–Trinajstić information content (AvgIpc) is 3.35. The SMILES string of the molecule is CC1(C)OB(C(=Cc2cc(C=O)ccc2O)CNC(=O)OCC2c3ccccc3-c3ccccc32)OC1(C)C. The summed E-state index contributed by atoms with van der Waals surface area (Å²) in [4.78, 5) is 24.2. The lowest BCUT2D eigenvalue weighted by Crippen LogP contribution is -2.41. The van der Waals surface area contributed by atoms with Gasteiger partial charge in [-0.2, -0.15) is 0 Å². The van der Waals surface area contributed by atoms with Crippen LogP contribution in [0.3, 0.4) is 0 Å². The van der Waals surface area contributed by atoms with Crippen molar-refractivity contribution < 1.29 is 28.7 Å². The number of hydrogen-bond donors (Lipinski definition) is 2. The summed E-state index contributed by atoms with van der Waals surface area (Å²) in [6, 6.07) is 20.9. The molecule has 3 aromatic rings. The Labute approximate surface area is 228 Å². The summed E-state index contributed by atoms with van der Waals surface area (Å²) in [5, 5.41) is 13.2. The van der Waals surface area contributed by atoms with Gasteiger partial charge in [0.2, 0.25) is 0 Å². The van der Waals surface area contributed by atoms with Crippen molar-refractivity contribution in [2.24, 2.45) is 0 Å². The Kier molecular flexibility index (Phi) is 7.10. The Morgan fingerprint density at radius 1 is 0.974 bits per heavy atom. The molecule has 3 aromatic carbocycles. The number of carbonyl (C=O) groups excluding carboxylic acids is 2. The number of rotatable bonds is 7. The van der Waals surface area contributed by atoms with Crippen LogP contribution >= 0.6 is 0 Å². The van der Waals surface area contributed by atoms with Crippen molar-refractivity contribution in [3.05, 3.63) is 94.5 Å². The van der Waals surface area contributed by atoms with Gasteiger partial charge < -0.3 is 24.5 Å². The molecule has 0 unspecified atom stereocenters. The summed E-state index contributed by atoms with van der Waals surface area (Å²) >= 11 is 0. The Morgan fingerprint density at radius 2 is 1.56 bits per heavy atom. The molecule has 0 bridgehead atoms. The molecule has 1 aliphatic heterocycles. The monoisotopic (exact) mass is 525 g/mol. The van der Waals surface area contributed by atoms with Gasteiger partial charge >= 0.3 is 13.2 Å². The van der Waals surface area contributed by atoms with Crippen LogP contribution in [0.15, 0.2) is 72.2 Å². The molecule has 7 nitrogen and oxygen atoms in total. The molecule has 200 valence electrons. The highest BCUT2D eigenvalue weighted by molar-refractivity contribution is 6.56. The molecule has 2 N–H and O–H groups in total. The minimum atomic E-state index is -0.775. The maximum absolute atomic E-state index is 12.9. The molecule has 8 heteroatoms. The van der Waals surface area contributed by atoms with Gasteiger partial charge in [-0.15, -0.1) is 0 Å². The van der Waals surface area contributed by atoms with Gasteiger partial charge in [-0.05, 0) is 73.6 Å². The summed E-state index contributed by atoms with van der Waals surface area (Å²) < 4.78 is 18.1. The van der Waals surface area contributed by atoms with Gasteiger partial charge in [-0.1, -0.05) is 54.6 Å². The zero-order valence-corrected chi connectivity index (χ0v) is 22.6. The van der Waals surface area contributed by atoms with Crippen LogP contribution in [-0.4, -0.2) is 49.0 Å². The molecule has 1 saturated heterocycles. The van der Waals surface area contributed by atoms with E-state index in [1.54, 1.807) is 12.1 Å². The summed E-state index contributed by atoms with van der Waals surface area (Å²) in [6.07, 6.45) is 1.80. The number of aromatic hydroxyl groups is 1. The van der Waals surface area contributed by atoms with E-state index >= 15 is 0 Å². The fraction of sp³-hybridized carbons (Fsp3) is 0.290. The first-order chi connectivity index (χ1) is 18.6. The van der Waals surface area contributed by atoms with Crippen molar-refractivity contribution >= 4 is 25.6 Å². The maximum atomic E-state index is 12.9. The van der Waals surface area contributed by atoms with E-state index in [1.165, 1.54) is 12.1 Å². The first-order valence-electron chi connectivity index (χ1n) is 13.0. The first-order valence-corrected chi connectivity index (χ1v) is 13.0. The van der Waals surface area contributed by atoms with Crippen molar-refractivity contribution in [1.29, 1.82) is 0 Å². The number of aldehydes is 1. The molecule has 2 aliphatic rings. The Morgan fingerprint density at radius 3 is 2.15 bits per heavy atom. The van der Waals surface area contributed by atoms with Gasteiger partial charge in [0, 0.05) is 23.6 Å². The minimum Gasteiger partial charge on any atom is -0.507 e. The van der Waals surface area contributed by atoms with Crippen LogP contribution in [0.4, 0.5) is 4.79 Å². The van der Waals surface area contributed by atoms with Crippen molar-refractivity contribution in [1.82, 2.24) is 5.32 Å². The fourth-order valence-electron chi connectivity index (χ4n) is 4.98. The highest BCUT2D eigenvalue weighted by Crippen LogP contribution is 2.44. The van der Waals surface area contributed by atoms with E-state index in [0.29, 0.717) is 22.9 Å². The number of nitrogens with one attached hydrogen (secondary N) is 1. The topological polar surface area (TPSA) is 94.1 Å². The third-order valence-electron chi connectivity index (χ3n) is 7.87. The standard InChI is InChI=1S/C31H32BNO6/c1-30(2)31(3,4)39-32(38-30)22(16-21-15-20(18-34)13-14-28(21)35)17-33-29(36)37-19-27-25-11-7-5-9-23(25)24-10-6-8-12-26(24)27/h5-16,18,27,35H,17,19H2,1-4H3,(H,33,36). The smallest absolute Gasteiger partial charge is 0.492 e. The lowest BCUT2D eigenvalue weighted by atomic mass is 9.77. The summed E-state index contributed by atoms with van der Waals surface area (Å²) in [5.41, 5.74) is 4.77. The van der Waals surface area contributed by atoms with Crippen LogP contribution in [0, 0.1) is 0 Å². The largest absolute Gasteiger partial charge is 0.507 e. The molecule has 0 atom stereocenters. The number of amides is 1. The first kappa shape index (κ1) is 26.7. The number of fused-ring (bicyclic) bond motifs is 3. The predicted molar refractivity (Wildman–Crippen MR) is 151 cm³/mol. The van der Waals surface area contributed by atoms with Gasteiger partial charge in [0.15, 0.2) is 0 Å². The number of hydrogen-bond acceptors (Lipinski definition) is 6. The average molecular weight is 525 g/mol. The molecule has 1 heterocycles. The molecule has 1 amide bonds. The van der Waals surface area contributed by atoms with Gasteiger partial charge in [0.05, 0.1) is 11.2 Å². The third kappa shape index (κ3) is 5.22. The van der Waals surface area contributed by atoms with Crippen LogP contribution in [0.25, 0.3) is 17.2 Å². The van der Waals surface area contributed by atoms with Crippen molar-refractivity contribution in [2.45, 2.75) is 44.8 Å². The van der Waals surface area contributed by atoms with Crippen LogP contribution < -0.4 is 5.32 Å². The zero-order chi connectivity index (χ0) is 27.8. The number of phenolic OH excluding ortho intramolecular Hbond substituents is 1. The van der Waals surface area contributed by atoms with E-state index in [0.717, 1.165) is 22.3 Å². The summed E-state index contributed by atoms with van der Waals surface area (Å²) in [7, 11) is -0.775. The Hall–Kier alpha value is -3.88. The number of carbonyl (C=O) groups is 2.